The number of aromatic amines is 2. The minimum Gasteiger partial charge on any atom is -0.497 e. The third kappa shape index (κ3) is 3.42. The topological polar surface area (TPSA) is 91.9 Å². The van der Waals surface area contributed by atoms with Crippen molar-refractivity contribution in [1.82, 2.24) is 19.9 Å². The Hall–Kier alpha value is -3.39. The summed E-state index contributed by atoms with van der Waals surface area (Å²) in [5.74, 6) is 0.449. The molecule has 0 spiro atoms. The molecule has 1 amide bonds. The van der Waals surface area contributed by atoms with Crippen molar-refractivity contribution in [3.8, 4) is 5.75 Å². The number of amides is 1. The summed E-state index contributed by atoms with van der Waals surface area (Å²) in [5, 5.41) is 3.90. The average Bonchev–Trinajstić information content (AvgIpc) is 3.14. The molecule has 2 aromatic heterocycles. The molecular weight excluding hydrogens is 412 g/mol. The number of rotatable bonds is 4. The maximum Gasteiger partial charge on any atom is 0.279 e. The first-order valence-electron chi connectivity index (χ1n) is 10.2. The number of nitrogens with one attached hydrogen (secondary N) is 3. The summed E-state index contributed by atoms with van der Waals surface area (Å²) in [6.07, 6.45) is 2.93. The number of nitrogens with zero attached hydrogens (tertiary/aromatic N) is 1. The van der Waals surface area contributed by atoms with Crippen molar-refractivity contribution < 1.29 is 9.53 Å². The van der Waals surface area contributed by atoms with Gasteiger partial charge in [-0.3, -0.25) is 14.2 Å². The summed E-state index contributed by atoms with van der Waals surface area (Å²) >= 11 is 5.43. The molecule has 2 heterocycles. The molecule has 4 aromatic rings. The lowest BCUT2D eigenvalue weighted by Crippen LogP contribution is -2.36. The van der Waals surface area contributed by atoms with E-state index in [1.54, 1.807) is 7.11 Å². The first kappa shape index (κ1) is 19.6. The van der Waals surface area contributed by atoms with Crippen molar-refractivity contribution in [3.05, 3.63) is 68.7 Å². The third-order valence-corrected chi connectivity index (χ3v) is 6.27. The lowest BCUT2D eigenvalue weighted by atomic mass is 9.88. The van der Waals surface area contributed by atoms with Gasteiger partial charge in [-0.2, -0.15) is 0 Å². The molecule has 7 nitrogen and oxygen atoms in total. The second-order valence-electron chi connectivity index (χ2n) is 7.82. The molecule has 2 aromatic carbocycles. The Morgan fingerprint density at radius 1 is 1.23 bits per heavy atom. The van der Waals surface area contributed by atoms with Crippen LogP contribution in [0, 0.1) is 4.77 Å². The predicted molar refractivity (Wildman–Crippen MR) is 122 cm³/mol. The molecule has 158 valence electrons. The van der Waals surface area contributed by atoms with E-state index in [0.717, 1.165) is 35.7 Å². The molecule has 1 aliphatic carbocycles. The number of methoxy groups -OCH3 is 1. The smallest absolute Gasteiger partial charge is 0.279 e. The van der Waals surface area contributed by atoms with E-state index in [4.69, 9.17) is 17.0 Å². The van der Waals surface area contributed by atoms with Gasteiger partial charge in [-0.05, 0) is 60.8 Å². The van der Waals surface area contributed by atoms with Crippen LogP contribution >= 0.6 is 12.2 Å². The van der Waals surface area contributed by atoms with Gasteiger partial charge in [-0.1, -0.05) is 24.3 Å². The molecule has 5 rings (SSSR count). The highest BCUT2D eigenvalue weighted by Crippen LogP contribution is 2.29. The Balaban J connectivity index is 1.47. The second kappa shape index (κ2) is 7.70. The summed E-state index contributed by atoms with van der Waals surface area (Å²) in [6.45, 7) is -0.137. The van der Waals surface area contributed by atoms with Gasteiger partial charge >= 0.3 is 0 Å². The van der Waals surface area contributed by atoms with Crippen molar-refractivity contribution in [3.63, 3.8) is 0 Å². The lowest BCUT2D eigenvalue weighted by molar-refractivity contribution is -0.122. The van der Waals surface area contributed by atoms with Crippen molar-refractivity contribution >= 4 is 40.1 Å². The van der Waals surface area contributed by atoms with E-state index < -0.39 is 0 Å². The zero-order valence-corrected chi connectivity index (χ0v) is 17.8. The van der Waals surface area contributed by atoms with E-state index in [0.29, 0.717) is 16.8 Å². The summed E-state index contributed by atoms with van der Waals surface area (Å²) in [4.78, 5) is 32.2. The number of carbonyl (C=O) groups is 1. The first-order chi connectivity index (χ1) is 15.0. The summed E-state index contributed by atoms with van der Waals surface area (Å²) in [7, 11) is 1.59. The first-order valence-corrected chi connectivity index (χ1v) is 10.7. The van der Waals surface area contributed by atoms with Crippen LogP contribution in [-0.2, 0) is 17.8 Å². The van der Waals surface area contributed by atoms with Crippen LogP contribution < -0.4 is 15.6 Å². The monoisotopic (exact) mass is 434 g/mol. The van der Waals surface area contributed by atoms with Gasteiger partial charge in [-0.15, -0.1) is 0 Å². The molecule has 8 heteroatoms. The quantitative estimate of drug-likeness (QED) is 0.427. The summed E-state index contributed by atoms with van der Waals surface area (Å²) in [5.41, 5.74) is 3.88. The van der Waals surface area contributed by atoms with Crippen LogP contribution in [0.2, 0.25) is 0 Å². The van der Waals surface area contributed by atoms with E-state index in [1.165, 1.54) is 10.1 Å². The zero-order chi connectivity index (χ0) is 21.5. The number of hydrogen-bond donors (Lipinski definition) is 3. The highest BCUT2D eigenvalue weighted by Gasteiger charge is 2.22. The molecular formula is C23H22N4O3S. The standard InChI is InChI=1S/C23H22N4O3S/c1-30-14-9-10-18-16(11-14)20-21(25-18)22(29)27(23(31)26-20)12-19(28)24-17-8-4-6-13-5-2-3-7-15(13)17/h2-3,5,7,9-11,17,25H,4,6,8,12H2,1H3,(H,24,28)(H,26,31)/t17-/m0/s1. The largest absolute Gasteiger partial charge is 0.497 e. The van der Waals surface area contributed by atoms with Crippen LogP contribution in [0.3, 0.4) is 0 Å². The minimum absolute atomic E-state index is 0.0463. The number of hydrogen-bond acceptors (Lipinski definition) is 4. The van der Waals surface area contributed by atoms with E-state index >= 15 is 0 Å². The van der Waals surface area contributed by atoms with Crippen LogP contribution in [-0.4, -0.2) is 27.6 Å². The summed E-state index contributed by atoms with van der Waals surface area (Å²) < 4.78 is 6.79. The Bertz CT molecular complexity index is 1430. The van der Waals surface area contributed by atoms with Gasteiger partial charge in [0.25, 0.3) is 5.56 Å². The Morgan fingerprint density at radius 2 is 2.06 bits per heavy atom. The van der Waals surface area contributed by atoms with Crippen molar-refractivity contribution in [2.24, 2.45) is 0 Å². The van der Waals surface area contributed by atoms with Crippen LogP contribution in [0.4, 0.5) is 0 Å². The van der Waals surface area contributed by atoms with E-state index in [1.807, 2.05) is 30.3 Å². The van der Waals surface area contributed by atoms with Crippen LogP contribution in [0.5, 0.6) is 5.75 Å². The number of aryl methyl sites for hydroxylation is 1. The Labute approximate surface area is 183 Å². The molecule has 0 saturated carbocycles. The molecule has 1 aliphatic rings. The van der Waals surface area contributed by atoms with Gasteiger partial charge in [-0.25, -0.2) is 0 Å². The highest BCUT2D eigenvalue weighted by molar-refractivity contribution is 7.71. The normalized spacial score (nSPS) is 15.7. The highest BCUT2D eigenvalue weighted by atomic mass is 32.1. The Kier molecular flexibility index (Phi) is 4.86. The second-order valence-corrected chi connectivity index (χ2v) is 8.21. The zero-order valence-electron chi connectivity index (χ0n) is 17.0. The van der Waals surface area contributed by atoms with E-state index in [9.17, 15) is 9.59 Å². The third-order valence-electron chi connectivity index (χ3n) is 5.95. The van der Waals surface area contributed by atoms with Crippen LogP contribution in [0.25, 0.3) is 21.9 Å². The van der Waals surface area contributed by atoms with Crippen LogP contribution in [0.1, 0.15) is 30.0 Å². The molecule has 0 fully saturated rings. The number of H-pyrrole nitrogens is 2. The number of aromatic nitrogens is 3. The fourth-order valence-corrected chi connectivity index (χ4v) is 4.67. The molecule has 0 bridgehead atoms. The van der Waals surface area contributed by atoms with Gasteiger partial charge in [0.05, 0.1) is 18.7 Å². The summed E-state index contributed by atoms with van der Waals surface area (Å²) in [6, 6.07) is 13.6. The van der Waals surface area contributed by atoms with Gasteiger partial charge in [0.1, 0.15) is 17.8 Å². The maximum absolute atomic E-state index is 13.1. The van der Waals surface area contributed by atoms with Gasteiger partial charge in [0.2, 0.25) is 5.91 Å². The maximum atomic E-state index is 13.1. The number of carbonyl (C=O) groups excluding carboxylic acids is 1. The van der Waals surface area contributed by atoms with E-state index in [2.05, 4.69) is 27.4 Å². The number of fused-ring (bicyclic) bond motifs is 4. The van der Waals surface area contributed by atoms with E-state index in [-0.39, 0.29) is 28.8 Å². The molecule has 1 atom stereocenters. The predicted octanol–water partition coefficient (Wildman–Crippen LogP) is 3.74. The SMILES string of the molecule is COc1ccc2[nH]c3c(=O)n(CC(=O)N[C@H]4CCCc5ccccc54)c(=S)[nH]c3c2c1. The van der Waals surface area contributed by atoms with Crippen molar-refractivity contribution in [2.45, 2.75) is 31.8 Å². The number of ether oxygens (including phenoxy) is 1. The molecule has 0 saturated heterocycles. The van der Waals surface area contributed by atoms with Gasteiger partial charge < -0.3 is 20.0 Å². The Morgan fingerprint density at radius 3 is 2.90 bits per heavy atom. The molecule has 3 N–H and O–H groups in total. The molecule has 0 aliphatic heterocycles. The van der Waals surface area contributed by atoms with Gasteiger partial charge in [0, 0.05) is 10.9 Å². The van der Waals surface area contributed by atoms with Crippen molar-refractivity contribution in [2.75, 3.05) is 7.11 Å². The van der Waals surface area contributed by atoms with Crippen LogP contribution in [0.15, 0.2) is 47.3 Å². The average molecular weight is 435 g/mol. The lowest BCUT2D eigenvalue weighted by Gasteiger charge is -2.26. The van der Waals surface area contributed by atoms with Gasteiger partial charge in [0.15, 0.2) is 4.77 Å². The molecule has 0 radical (unpaired) electrons. The number of benzene rings is 2. The van der Waals surface area contributed by atoms with Crippen molar-refractivity contribution in [1.29, 1.82) is 0 Å². The minimum atomic E-state index is -0.326. The fourth-order valence-electron chi connectivity index (χ4n) is 4.42. The molecule has 31 heavy (non-hydrogen) atoms. The fraction of sp³-hybridized carbons (Fsp3) is 0.261. The molecule has 0 unspecified atom stereocenters.